The van der Waals surface area contributed by atoms with Crippen LogP contribution in [-0.4, -0.2) is 5.91 Å². The predicted molar refractivity (Wildman–Crippen MR) is 78.6 cm³/mol. The zero-order valence-corrected chi connectivity index (χ0v) is 13.0. The maximum absolute atomic E-state index is 13.6. The topological polar surface area (TPSA) is 64.9 Å². The van der Waals surface area contributed by atoms with Crippen LogP contribution >= 0.6 is 0 Å². The highest BCUT2D eigenvalue weighted by Gasteiger charge is 2.34. The molecule has 0 unspecified atom stereocenters. The van der Waals surface area contributed by atoms with Gasteiger partial charge >= 0.3 is 12.4 Å². The van der Waals surface area contributed by atoms with Gasteiger partial charge in [-0.2, -0.15) is 31.6 Å². The number of nitrogens with zero attached hydrogens (tertiary/aromatic N) is 1. The molecule has 0 bridgehead atoms. The molecule has 142 valence electrons. The van der Waals surface area contributed by atoms with Crippen LogP contribution in [0.4, 0.5) is 36.4 Å². The number of nitriles is 1. The Bertz CT molecular complexity index is 914. The second kappa shape index (κ2) is 7.14. The van der Waals surface area contributed by atoms with Gasteiger partial charge in [-0.3, -0.25) is 15.6 Å². The number of nitrogens with one attached hydrogen (secondary N) is 2. The molecule has 0 aliphatic rings. The molecule has 2 aromatic rings. The van der Waals surface area contributed by atoms with Crippen LogP contribution in [0.3, 0.4) is 0 Å². The van der Waals surface area contributed by atoms with Gasteiger partial charge in [-0.15, -0.1) is 0 Å². The lowest BCUT2D eigenvalue weighted by Gasteiger charge is -2.16. The van der Waals surface area contributed by atoms with E-state index in [4.69, 9.17) is 5.26 Å². The van der Waals surface area contributed by atoms with E-state index >= 15 is 0 Å². The Morgan fingerprint density at radius 3 is 2.19 bits per heavy atom. The normalized spacial score (nSPS) is 11.6. The van der Waals surface area contributed by atoms with Crippen molar-refractivity contribution in [3.63, 3.8) is 0 Å². The molecule has 27 heavy (non-hydrogen) atoms. The van der Waals surface area contributed by atoms with E-state index < -0.39 is 46.5 Å². The van der Waals surface area contributed by atoms with Crippen molar-refractivity contribution in [2.45, 2.75) is 12.4 Å². The number of anilines is 1. The molecule has 0 saturated carbocycles. The van der Waals surface area contributed by atoms with E-state index in [0.29, 0.717) is 18.2 Å². The average molecular weight is 391 g/mol. The lowest BCUT2D eigenvalue weighted by atomic mass is 10.1. The molecule has 0 saturated heterocycles. The predicted octanol–water partition coefficient (Wildman–Crippen LogP) is 4.49. The van der Waals surface area contributed by atoms with Crippen LogP contribution in [0.2, 0.25) is 0 Å². The van der Waals surface area contributed by atoms with E-state index in [1.807, 2.05) is 5.43 Å². The first-order valence-corrected chi connectivity index (χ1v) is 6.98. The number of hydrogen-bond acceptors (Lipinski definition) is 3. The van der Waals surface area contributed by atoms with Gasteiger partial charge in [-0.25, -0.2) is 4.39 Å². The zero-order valence-electron chi connectivity index (χ0n) is 13.0. The summed E-state index contributed by atoms with van der Waals surface area (Å²) in [7, 11) is 0. The van der Waals surface area contributed by atoms with Crippen molar-refractivity contribution in [2.75, 3.05) is 5.43 Å². The molecule has 2 rings (SSSR count). The quantitative estimate of drug-likeness (QED) is 0.599. The van der Waals surface area contributed by atoms with Crippen LogP contribution in [0.25, 0.3) is 0 Å². The van der Waals surface area contributed by atoms with Gasteiger partial charge in [0.1, 0.15) is 5.82 Å². The van der Waals surface area contributed by atoms with E-state index in [-0.39, 0.29) is 11.6 Å². The molecular weight excluding hydrogens is 383 g/mol. The smallest absolute Gasteiger partial charge is 0.298 e. The van der Waals surface area contributed by atoms with Crippen molar-refractivity contribution in [3.8, 4) is 6.07 Å². The molecule has 0 spiro atoms. The van der Waals surface area contributed by atoms with Crippen LogP contribution in [0, 0.1) is 17.1 Å². The minimum atomic E-state index is -4.89. The molecule has 0 aromatic heterocycles. The van der Waals surface area contributed by atoms with E-state index in [2.05, 4.69) is 0 Å². The summed E-state index contributed by atoms with van der Waals surface area (Å²) in [6.07, 6.45) is -9.73. The molecule has 1 amide bonds. The van der Waals surface area contributed by atoms with Crippen molar-refractivity contribution in [1.29, 1.82) is 5.26 Å². The van der Waals surface area contributed by atoms with Crippen molar-refractivity contribution in [2.24, 2.45) is 0 Å². The molecular formula is C16H8F7N3O. The van der Waals surface area contributed by atoms with Gasteiger partial charge in [0.2, 0.25) is 0 Å². The van der Waals surface area contributed by atoms with Gasteiger partial charge in [-0.1, -0.05) is 0 Å². The van der Waals surface area contributed by atoms with Crippen molar-refractivity contribution in [3.05, 3.63) is 64.5 Å². The van der Waals surface area contributed by atoms with Crippen molar-refractivity contribution >= 4 is 11.6 Å². The summed E-state index contributed by atoms with van der Waals surface area (Å²) in [6, 6.07) is 4.95. The Morgan fingerprint density at radius 1 is 0.963 bits per heavy atom. The summed E-state index contributed by atoms with van der Waals surface area (Å²) in [5.74, 6) is -2.71. The number of hydrazine groups is 1. The van der Waals surface area contributed by atoms with Gasteiger partial charge in [0, 0.05) is 0 Å². The van der Waals surface area contributed by atoms with Crippen molar-refractivity contribution < 1.29 is 35.5 Å². The fraction of sp³-hybridized carbons (Fsp3) is 0.125. The third-order valence-corrected chi connectivity index (χ3v) is 3.30. The minimum Gasteiger partial charge on any atom is -0.298 e. The maximum Gasteiger partial charge on any atom is 0.418 e. The molecule has 0 radical (unpaired) electrons. The van der Waals surface area contributed by atoms with Crippen LogP contribution in [0.5, 0.6) is 0 Å². The number of alkyl halides is 6. The third kappa shape index (κ3) is 4.66. The Morgan fingerprint density at radius 2 is 1.63 bits per heavy atom. The van der Waals surface area contributed by atoms with Crippen LogP contribution in [0.1, 0.15) is 27.0 Å². The van der Waals surface area contributed by atoms with Crippen LogP contribution in [-0.2, 0) is 12.4 Å². The Hall–Kier alpha value is -3.29. The molecule has 4 nitrogen and oxygen atoms in total. The van der Waals surface area contributed by atoms with Gasteiger partial charge in [0.05, 0.1) is 34.0 Å². The number of benzene rings is 2. The van der Waals surface area contributed by atoms with Gasteiger partial charge in [0.15, 0.2) is 0 Å². The largest absolute Gasteiger partial charge is 0.418 e. The summed E-state index contributed by atoms with van der Waals surface area (Å²) in [5.41, 5.74) is -1.01. The molecule has 0 aliphatic carbocycles. The van der Waals surface area contributed by atoms with E-state index in [1.165, 1.54) is 6.07 Å². The van der Waals surface area contributed by atoms with E-state index in [9.17, 15) is 35.5 Å². The van der Waals surface area contributed by atoms with Gasteiger partial charge < -0.3 is 0 Å². The minimum absolute atomic E-state index is 0.232. The fourth-order valence-electron chi connectivity index (χ4n) is 2.02. The highest BCUT2D eigenvalue weighted by Crippen LogP contribution is 2.35. The Labute approximate surface area is 147 Å². The first kappa shape index (κ1) is 20.0. The standard InChI is InChI=1S/C16H8F7N3O/c17-12-3-2-9(15(18,19)20)6-10(12)14(27)26-25-13-4-1-8(7-24)5-11(13)16(21,22)23/h1-6,25H,(H,26,27). The highest BCUT2D eigenvalue weighted by atomic mass is 19.4. The summed E-state index contributed by atoms with van der Waals surface area (Å²) in [6.45, 7) is 0. The van der Waals surface area contributed by atoms with Crippen molar-refractivity contribution in [1.82, 2.24) is 5.43 Å². The maximum atomic E-state index is 13.6. The SMILES string of the molecule is N#Cc1ccc(NNC(=O)c2cc(C(F)(F)F)ccc2F)c(C(F)(F)F)c1. The highest BCUT2D eigenvalue weighted by molar-refractivity contribution is 5.95. The molecule has 2 aromatic carbocycles. The number of carbonyl (C=O) groups excluding carboxylic acids is 1. The molecule has 11 heteroatoms. The first-order chi connectivity index (χ1) is 12.4. The summed E-state index contributed by atoms with van der Waals surface area (Å²) < 4.78 is 90.6. The number of rotatable bonds is 3. The molecule has 2 N–H and O–H groups in total. The number of amides is 1. The van der Waals surface area contributed by atoms with Gasteiger partial charge in [-0.05, 0) is 36.4 Å². The summed E-state index contributed by atoms with van der Waals surface area (Å²) in [5, 5.41) is 8.67. The zero-order chi connectivity index (χ0) is 20.4. The second-order valence-corrected chi connectivity index (χ2v) is 5.14. The molecule has 0 atom stereocenters. The molecule has 0 fully saturated rings. The van der Waals surface area contributed by atoms with E-state index in [0.717, 1.165) is 12.1 Å². The third-order valence-electron chi connectivity index (χ3n) is 3.30. The van der Waals surface area contributed by atoms with Crippen LogP contribution < -0.4 is 10.9 Å². The second-order valence-electron chi connectivity index (χ2n) is 5.14. The Kier molecular flexibility index (Phi) is 5.30. The van der Waals surface area contributed by atoms with E-state index in [1.54, 1.807) is 5.43 Å². The summed E-state index contributed by atoms with van der Waals surface area (Å²) >= 11 is 0. The Balaban J connectivity index is 2.28. The fourth-order valence-corrected chi connectivity index (χ4v) is 2.02. The average Bonchev–Trinajstić information content (AvgIpc) is 2.58. The number of carbonyl (C=O) groups is 1. The van der Waals surface area contributed by atoms with Gasteiger partial charge in [0.25, 0.3) is 5.91 Å². The first-order valence-electron chi connectivity index (χ1n) is 6.98. The monoisotopic (exact) mass is 391 g/mol. The number of halogens is 7. The van der Waals surface area contributed by atoms with Crippen LogP contribution in [0.15, 0.2) is 36.4 Å². The lowest BCUT2D eigenvalue weighted by molar-refractivity contribution is -0.138. The molecule has 0 aliphatic heterocycles. The number of hydrogen-bond donors (Lipinski definition) is 2. The summed E-state index contributed by atoms with van der Waals surface area (Å²) in [4.78, 5) is 11.9. The molecule has 0 heterocycles. The lowest BCUT2D eigenvalue weighted by Crippen LogP contribution is -2.31.